The number of hydrogen-bond donors (Lipinski definition) is 2. The molecule has 0 unspecified atom stereocenters. The highest BCUT2D eigenvalue weighted by atomic mass is 19.1. The van der Waals surface area contributed by atoms with Crippen LogP contribution < -0.4 is 10.6 Å². The second-order valence-corrected chi connectivity index (χ2v) is 6.72. The number of nitrogens with zero attached hydrogens (tertiary/aromatic N) is 2. The van der Waals surface area contributed by atoms with E-state index in [0.29, 0.717) is 25.1 Å². The molecule has 0 radical (unpaired) electrons. The summed E-state index contributed by atoms with van der Waals surface area (Å²) in [4.78, 5) is 28.0. The molecule has 0 aliphatic carbocycles. The molecule has 0 bridgehead atoms. The molecule has 6 nitrogen and oxygen atoms in total. The molecule has 2 N–H and O–H groups in total. The van der Waals surface area contributed by atoms with Crippen molar-refractivity contribution in [1.29, 1.82) is 0 Å². The summed E-state index contributed by atoms with van der Waals surface area (Å²) in [5.74, 6) is -0.446. The number of amides is 4. The fourth-order valence-electron chi connectivity index (χ4n) is 3.58. The quantitative estimate of drug-likeness (QED) is 0.873. The third kappa shape index (κ3) is 2.90. The number of aryl methyl sites for hydroxylation is 1. The van der Waals surface area contributed by atoms with Crippen LogP contribution >= 0.6 is 0 Å². The molecule has 2 aliphatic rings. The number of carbonyl (C=O) groups is 2. The Labute approximate surface area is 141 Å². The molecular formula is C17H23FN4O2. The number of rotatable bonds is 2. The van der Waals surface area contributed by atoms with Gasteiger partial charge in [0, 0.05) is 19.1 Å². The standard InChI is InChI=1S/C17H23FN4O2/c1-10(2)22-14-7-8-21(9-13(14)19-17(22)24)16(23)20-15-11(3)5-4-6-12(15)18/h4-6,10,13-14H,7-9H2,1-3H3,(H,19,24)(H,20,23)/t13-,14+/m1/s1. The van der Waals surface area contributed by atoms with Gasteiger partial charge >= 0.3 is 12.1 Å². The van der Waals surface area contributed by atoms with Crippen LogP contribution in [-0.4, -0.2) is 53.1 Å². The van der Waals surface area contributed by atoms with Gasteiger partial charge in [-0.05, 0) is 38.8 Å². The highest BCUT2D eigenvalue weighted by Gasteiger charge is 2.44. The summed E-state index contributed by atoms with van der Waals surface area (Å²) in [5, 5.41) is 5.61. The Bertz CT molecular complexity index is 644. The number of piperidine rings is 1. The van der Waals surface area contributed by atoms with Gasteiger partial charge in [0.25, 0.3) is 0 Å². The highest BCUT2D eigenvalue weighted by molar-refractivity contribution is 5.90. The Kier molecular flexibility index (Phi) is 4.34. The van der Waals surface area contributed by atoms with Crippen molar-refractivity contribution in [3.05, 3.63) is 29.6 Å². The topological polar surface area (TPSA) is 64.7 Å². The van der Waals surface area contributed by atoms with Crippen LogP contribution in [0.3, 0.4) is 0 Å². The van der Waals surface area contributed by atoms with E-state index in [4.69, 9.17) is 0 Å². The fourth-order valence-corrected chi connectivity index (χ4v) is 3.58. The molecule has 1 aromatic rings. The van der Waals surface area contributed by atoms with Crippen LogP contribution in [0.2, 0.25) is 0 Å². The molecule has 24 heavy (non-hydrogen) atoms. The second-order valence-electron chi connectivity index (χ2n) is 6.72. The molecule has 1 aromatic carbocycles. The lowest BCUT2D eigenvalue weighted by Crippen LogP contribution is -2.54. The first kappa shape index (κ1) is 16.5. The Morgan fingerprint density at radius 2 is 2.17 bits per heavy atom. The molecule has 2 fully saturated rings. The van der Waals surface area contributed by atoms with E-state index < -0.39 is 5.82 Å². The summed E-state index contributed by atoms with van der Waals surface area (Å²) in [6.07, 6.45) is 0.714. The van der Waals surface area contributed by atoms with Crippen molar-refractivity contribution >= 4 is 17.7 Å². The number of benzene rings is 1. The molecule has 0 spiro atoms. The monoisotopic (exact) mass is 334 g/mol. The summed E-state index contributed by atoms with van der Waals surface area (Å²) in [6.45, 7) is 6.70. The van der Waals surface area contributed by atoms with E-state index in [0.717, 1.165) is 0 Å². The molecule has 130 valence electrons. The number of urea groups is 2. The SMILES string of the molecule is Cc1cccc(F)c1NC(=O)N1CC[C@H]2[C@@H](C1)NC(=O)N2C(C)C. The van der Waals surface area contributed by atoms with Gasteiger partial charge in [-0.1, -0.05) is 12.1 Å². The molecule has 2 atom stereocenters. The summed E-state index contributed by atoms with van der Waals surface area (Å²) in [6, 6.07) is 4.43. The predicted molar refractivity (Wildman–Crippen MR) is 89.4 cm³/mol. The number of hydrogen-bond acceptors (Lipinski definition) is 2. The van der Waals surface area contributed by atoms with Crippen LogP contribution in [0.15, 0.2) is 18.2 Å². The number of anilines is 1. The third-order valence-corrected chi connectivity index (χ3v) is 4.77. The van der Waals surface area contributed by atoms with Crippen LogP contribution in [0.4, 0.5) is 19.7 Å². The van der Waals surface area contributed by atoms with Crippen LogP contribution in [0.25, 0.3) is 0 Å². The van der Waals surface area contributed by atoms with Gasteiger partial charge in [-0.25, -0.2) is 14.0 Å². The van der Waals surface area contributed by atoms with Crippen LogP contribution in [0.1, 0.15) is 25.8 Å². The van der Waals surface area contributed by atoms with Crippen molar-refractivity contribution in [1.82, 2.24) is 15.1 Å². The molecule has 2 aliphatic heterocycles. The number of carbonyl (C=O) groups excluding carboxylic acids is 2. The molecule has 3 rings (SSSR count). The van der Waals surface area contributed by atoms with Gasteiger partial charge in [0.1, 0.15) is 5.82 Å². The van der Waals surface area contributed by atoms with Gasteiger partial charge in [0.2, 0.25) is 0 Å². The van der Waals surface area contributed by atoms with E-state index in [-0.39, 0.29) is 35.9 Å². The van der Waals surface area contributed by atoms with Gasteiger partial charge < -0.3 is 20.4 Å². The lowest BCUT2D eigenvalue weighted by atomic mass is 9.99. The molecule has 2 saturated heterocycles. The summed E-state index contributed by atoms with van der Waals surface area (Å²) < 4.78 is 13.9. The normalized spacial score (nSPS) is 23.3. The number of halogens is 1. The molecule has 4 amide bonds. The van der Waals surface area contributed by atoms with Crippen molar-refractivity contribution in [2.45, 2.75) is 45.3 Å². The van der Waals surface area contributed by atoms with Crippen molar-refractivity contribution in [3.63, 3.8) is 0 Å². The van der Waals surface area contributed by atoms with E-state index in [1.807, 2.05) is 18.7 Å². The van der Waals surface area contributed by atoms with E-state index in [1.54, 1.807) is 24.0 Å². The Morgan fingerprint density at radius 1 is 1.42 bits per heavy atom. The first-order valence-corrected chi connectivity index (χ1v) is 8.28. The maximum Gasteiger partial charge on any atom is 0.322 e. The first-order valence-electron chi connectivity index (χ1n) is 8.28. The van der Waals surface area contributed by atoms with Gasteiger partial charge in [-0.3, -0.25) is 0 Å². The Balaban J connectivity index is 1.68. The van der Waals surface area contributed by atoms with E-state index in [1.165, 1.54) is 6.07 Å². The molecule has 2 heterocycles. The number of fused-ring (bicyclic) bond motifs is 1. The van der Waals surface area contributed by atoms with Crippen LogP contribution in [-0.2, 0) is 0 Å². The molecule has 0 saturated carbocycles. The average molecular weight is 334 g/mol. The van der Waals surface area contributed by atoms with Crippen LogP contribution in [0, 0.1) is 12.7 Å². The van der Waals surface area contributed by atoms with Crippen molar-refractivity contribution in [2.24, 2.45) is 0 Å². The van der Waals surface area contributed by atoms with Gasteiger partial charge in [-0.15, -0.1) is 0 Å². The fraction of sp³-hybridized carbons (Fsp3) is 0.529. The van der Waals surface area contributed by atoms with Gasteiger partial charge in [-0.2, -0.15) is 0 Å². The summed E-state index contributed by atoms with van der Waals surface area (Å²) in [5.41, 5.74) is 0.891. The molecular weight excluding hydrogens is 311 g/mol. The van der Waals surface area contributed by atoms with E-state index >= 15 is 0 Å². The minimum Gasteiger partial charge on any atom is -0.331 e. The van der Waals surface area contributed by atoms with Crippen LogP contribution in [0.5, 0.6) is 0 Å². The Hall–Kier alpha value is -2.31. The van der Waals surface area contributed by atoms with Crippen molar-refractivity contribution < 1.29 is 14.0 Å². The average Bonchev–Trinajstić information content (AvgIpc) is 2.85. The number of para-hydroxylation sites is 1. The maximum absolute atomic E-state index is 13.9. The zero-order valence-corrected chi connectivity index (χ0v) is 14.2. The number of nitrogens with one attached hydrogen (secondary N) is 2. The van der Waals surface area contributed by atoms with E-state index in [2.05, 4.69) is 10.6 Å². The predicted octanol–water partition coefficient (Wildman–Crippen LogP) is 2.54. The Morgan fingerprint density at radius 3 is 2.83 bits per heavy atom. The zero-order valence-electron chi connectivity index (χ0n) is 14.2. The summed E-state index contributed by atoms with van der Waals surface area (Å²) >= 11 is 0. The first-order chi connectivity index (χ1) is 11.4. The van der Waals surface area contributed by atoms with Gasteiger partial charge in [0.15, 0.2) is 0 Å². The van der Waals surface area contributed by atoms with E-state index in [9.17, 15) is 14.0 Å². The lowest BCUT2D eigenvalue weighted by Gasteiger charge is -2.37. The third-order valence-electron chi connectivity index (χ3n) is 4.77. The zero-order chi connectivity index (χ0) is 17.4. The van der Waals surface area contributed by atoms with Gasteiger partial charge in [0.05, 0.1) is 17.8 Å². The number of likely N-dealkylation sites (tertiary alicyclic amines) is 1. The molecule has 0 aromatic heterocycles. The molecule has 7 heteroatoms. The minimum atomic E-state index is -0.446. The highest BCUT2D eigenvalue weighted by Crippen LogP contribution is 2.26. The van der Waals surface area contributed by atoms with Crippen molar-refractivity contribution in [3.8, 4) is 0 Å². The van der Waals surface area contributed by atoms with Crippen molar-refractivity contribution in [2.75, 3.05) is 18.4 Å². The largest absolute Gasteiger partial charge is 0.331 e. The summed E-state index contributed by atoms with van der Waals surface area (Å²) in [7, 11) is 0. The second kappa shape index (κ2) is 6.30. The maximum atomic E-state index is 13.9. The minimum absolute atomic E-state index is 0.0767. The lowest BCUT2D eigenvalue weighted by molar-refractivity contribution is 0.138. The smallest absolute Gasteiger partial charge is 0.322 e.